The first-order valence-electron chi connectivity index (χ1n) is 10.5. The van der Waals surface area contributed by atoms with Crippen LogP contribution in [0.5, 0.6) is 0 Å². The highest BCUT2D eigenvalue weighted by atomic mass is 16.6. The predicted octanol–water partition coefficient (Wildman–Crippen LogP) is 3.26. The summed E-state index contributed by atoms with van der Waals surface area (Å²) in [5.41, 5.74) is 3.83. The minimum Gasteiger partial charge on any atom is -0.444 e. The van der Waals surface area contributed by atoms with Gasteiger partial charge in [0, 0.05) is 50.2 Å². The Morgan fingerprint density at radius 2 is 1.97 bits per heavy atom. The summed E-state index contributed by atoms with van der Waals surface area (Å²) in [5.74, 6) is 1.72. The smallest absolute Gasteiger partial charge is 0.410 e. The maximum Gasteiger partial charge on any atom is 0.410 e. The van der Waals surface area contributed by atoms with Crippen LogP contribution in [0.1, 0.15) is 20.8 Å². The lowest BCUT2D eigenvalue weighted by Gasteiger charge is -2.26. The molecule has 0 bridgehead atoms. The maximum absolute atomic E-state index is 12.3. The van der Waals surface area contributed by atoms with Gasteiger partial charge in [-0.05, 0) is 50.7 Å². The van der Waals surface area contributed by atoms with Crippen LogP contribution in [-0.4, -0.2) is 55.6 Å². The number of anilines is 1. The van der Waals surface area contributed by atoms with Crippen LogP contribution in [-0.2, 0) is 11.8 Å². The second-order valence-electron chi connectivity index (χ2n) is 9.46. The van der Waals surface area contributed by atoms with E-state index in [0.29, 0.717) is 17.8 Å². The number of piperidine rings is 1. The predicted molar refractivity (Wildman–Crippen MR) is 114 cm³/mol. The molecule has 2 atom stereocenters. The molecular formula is C22H28N6O2. The molecule has 1 saturated heterocycles. The van der Waals surface area contributed by atoms with Crippen LogP contribution in [0.15, 0.2) is 36.9 Å². The Kier molecular flexibility index (Phi) is 4.27. The molecule has 158 valence electrons. The Morgan fingerprint density at radius 1 is 1.20 bits per heavy atom. The lowest BCUT2D eigenvalue weighted by atomic mass is 10.1. The highest BCUT2D eigenvalue weighted by molar-refractivity contribution is 5.78. The molecule has 3 aromatic rings. The van der Waals surface area contributed by atoms with Gasteiger partial charge in [-0.25, -0.2) is 9.31 Å². The molecule has 1 N–H and O–H groups in total. The minimum atomic E-state index is -0.444. The third-order valence-electron chi connectivity index (χ3n) is 6.10. The number of rotatable bonds is 4. The fourth-order valence-corrected chi connectivity index (χ4v) is 4.55. The quantitative estimate of drug-likeness (QED) is 0.717. The van der Waals surface area contributed by atoms with Crippen LogP contribution in [0, 0.1) is 17.8 Å². The molecule has 1 amide bonds. The first kappa shape index (κ1) is 19.0. The molecule has 1 aliphatic carbocycles. The number of likely N-dealkylation sites (tertiary alicyclic amines) is 1. The molecule has 30 heavy (non-hydrogen) atoms. The van der Waals surface area contributed by atoms with Gasteiger partial charge in [-0.3, -0.25) is 4.68 Å². The fraction of sp³-hybridized carbons (Fsp3) is 0.500. The number of amides is 1. The second kappa shape index (κ2) is 6.75. The van der Waals surface area contributed by atoms with Gasteiger partial charge in [-0.15, -0.1) is 0 Å². The van der Waals surface area contributed by atoms with Crippen molar-refractivity contribution in [2.75, 3.05) is 25.0 Å². The molecule has 8 nitrogen and oxygen atoms in total. The van der Waals surface area contributed by atoms with E-state index in [1.165, 1.54) is 0 Å². The summed E-state index contributed by atoms with van der Waals surface area (Å²) in [6.45, 7) is 8.21. The maximum atomic E-state index is 12.3. The van der Waals surface area contributed by atoms with E-state index < -0.39 is 5.60 Å². The molecule has 1 aliphatic heterocycles. The largest absolute Gasteiger partial charge is 0.444 e. The molecule has 2 fully saturated rings. The van der Waals surface area contributed by atoms with Crippen molar-refractivity contribution < 1.29 is 9.53 Å². The number of aryl methyl sites for hydroxylation is 1. The van der Waals surface area contributed by atoms with E-state index in [2.05, 4.69) is 21.6 Å². The molecular weight excluding hydrogens is 380 g/mol. The molecule has 0 aromatic carbocycles. The molecule has 0 spiro atoms. The number of hydrogen-bond acceptors (Lipinski definition) is 5. The topological polar surface area (TPSA) is 76.7 Å². The number of pyridine rings is 1. The zero-order chi connectivity index (χ0) is 21.0. The summed E-state index contributed by atoms with van der Waals surface area (Å²) in [6, 6.07) is 4.19. The normalized spacial score (nSPS) is 22.9. The van der Waals surface area contributed by atoms with Crippen molar-refractivity contribution in [2.24, 2.45) is 24.8 Å². The van der Waals surface area contributed by atoms with Crippen LogP contribution in [0.4, 0.5) is 10.5 Å². The summed E-state index contributed by atoms with van der Waals surface area (Å²) >= 11 is 0. The van der Waals surface area contributed by atoms with Gasteiger partial charge in [0.05, 0.1) is 23.6 Å². The van der Waals surface area contributed by atoms with E-state index in [1.807, 2.05) is 68.1 Å². The summed E-state index contributed by atoms with van der Waals surface area (Å²) in [6.07, 6.45) is 7.53. The first-order valence-corrected chi connectivity index (χ1v) is 10.5. The van der Waals surface area contributed by atoms with Crippen molar-refractivity contribution >= 4 is 17.3 Å². The summed E-state index contributed by atoms with van der Waals surface area (Å²) in [4.78, 5) is 14.1. The SMILES string of the molecule is Cn1cc(-c2cc(NCC3C4CN(C(=O)OC(C)(C)C)CC34)c3ccnn3c2)cn1. The average molecular weight is 409 g/mol. The van der Waals surface area contributed by atoms with Gasteiger partial charge >= 0.3 is 6.09 Å². The van der Waals surface area contributed by atoms with Crippen LogP contribution < -0.4 is 5.32 Å². The first-order chi connectivity index (χ1) is 14.3. The van der Waals surface area contributed by atoms with Crippen molar-refractivity contribution in [3.05, 3.63) is 36.9 Å². The monoisotopic (exact) mass is 408 g/mol. The number of fused-ring (bicyclic) bond motifs is 2. The number of nitrogens with one attached hydrogen (secondary N) is 1. The van der Waals surface area contributed by atoms with Crippen molar-refractivity contribution in [1.29, 1.82) is 0 Å². The zero-order valence-electron chi connectivity index (χ0n) is 17.9. The number of carbonyl (C=O) groups excluding carboxylic acids is 1. The Bertz CT molecular complexity index is 1080. The van der Waals surface area contributed by atoms with E-state index >= 15 is 0 Å². The molecule has 0 radical (unpaired) electrons. The molecule has 5 rings (SSSR count). The average Bonchev–Trinajstić information content (AvgIpc) is 3.16. The van der Waals surface area contributed by atoms with Crippen molar-refractivity contribution in [3.8, 4) is 11.1 Å². The number of nitrogens with zero attached hydrogens (tertiary/aromatic N) is 5. The Hall–Kier alpha value is -3.03. The van der Waals surface area contributed by atoms with Gasteiger partial charge in [0.2, 0.25) is 0 Å². The van der Waals surface area contributed by atoms with E-state index in [9.17, 15) is 4.79 Å². The lowest BCUT2D eigenvalue weighted by molar-refractivity contribution is 0.0266. The Morgan fingerprint density at radius 3 is 2.63 bits per heavy atom. The third-order valence-corrected chi connectivity index (χ3v) is 6.10. The molecule has 2 aliphatic rings. The van der Waals surface area contributed by atoms with Gasteiger partial charge in [0.25, 0.3) is 0 Å². The van der Waals surface area contributed by atoms with E-state index in [1.54, 1.807) is 4.68 Å². The number of hydrogen-bond donors (Lipinski definition) is 1. The van der Waals surface area contributed by atoms with E-state index in [4.69, 9.17) is 4.74 Å². The van der Waals surface area contributed by atoms with Crippen LogP contribution in [0.3, 0.4) is 0 Å². The Labute approximate surface area is 175 Å². The number of carbonyl (C=O) groups is 1. The van der Waals surface area contributed by atoms with Crippen LogP contribution >= 0.6 is 0 Å². The van der Waals surface area contributed by atoms with E-state index in [0.717, 1.165) is 42.0 Å². The molecule has 3 aromatic heterocycles. The van der Waals surface area contributed by atoms with Crippen LogP contribution in [0.2, 0.25) is 0 Å². The van der Waals surface area contributed by atoms with Gasteiger partial charge in [-0.1, -0.05) is 0 Å². The van der Waals surface area contributed by atoms with Crippen molar-refractivity contribution in [3.63, 3.8) is 0 Å². The lowest BCUT2D eigenvalue weighted by Crippen LogP contribution is -2.37. The van der Waals surface area contributed by atoms with Gasteiger partial charge in [0.15, 0.2) is 0 Å². The zero-order valence-corrected chi connectivity index (χ0v) is 17.9. The molecule has 1 saturated carbocycles. The van der Waals surface area contributed by atoms with E-state index in [-0.39, 0.29) is 6.09 Å². The fourth-order valence-electron chi connectivity index (χ4n) is 4.55. The van der Waals surface area contributed by atoms with Gasteiger partial charge in [0.1, 0.15) is 5.60 Å². The Balaban J connectivity index is 1.24. The standard InChI is InChI=1S/C22H28N6O2/c1-22(2,3)30-21(29)27-12-17-16(18(17)13-27)9-23-19-7-14(15-8-25-26(4)10-15)11-28-20(19)5-6-24-28/h5-8,10-11,16-18,23H,9,12-13H2,1-4H3. The van der Waals surface area contributed by atoms with Crippen molar-refractivity contribution in [1.82, 2.24) is 24.3 Å². The van der Waals surface area contributed by atoms with Crippen LogP contribution in [0.25, 0.3) is 16.6 Å². The second-order valence-corrected chi connectivity index (χ2v) is 9.46. The van der Waals surface area contributed by atoms with Crippen molar-refractivity contribution in [2.45, 2.75) is 26.4 Å². The summed E-state index contributed by atoms with van der Waals surface area (Å²) in [5, 5.41) is 12.3. The third kappa shape index (κ3) is 3.51. The molecule has 2 unspecified atom stereocenters. The number of aromatic nitrogens is 4. The number of ether oxygens (including phenoxy) is 1. The summed E-state index contributed by atoms with van der Waals surface area (Å²) in [7, 11) is 1.92. The summed E-state index contributed by atoms with van der Waals surface area (Å²) < 4.78 is 9.21. The van der Waals surface area contributed by atoms with Gasteiger partial charge in [-0.2, -0.15) is 10.2 Å². The highest BCUT2D eigenvalue weighted by Crippen LogP contribution is 2.51. The molecule has 8 heteroatoms. The molecule has 4 heterocycles. The minimum absolute atomic E-state index is 0.188. The highest BCUT2D eigenvalue weighted by Gasteiger charge is 2.56. The van der Waals surface area contributed by atoms with Gasteiger partial charge < -0.3 is 15.0 Å².